The molecular formula is C12H27B. The molecular weight excluding hydrogens is 155 g/mol. The summed E-state index contributed by atoms with van der Waals surface area (Å²) in [5, 5.41) is 0.478. The van der Waals surface area contributed by atoms with Crippen LogP contribution in [0.15, 0.2) is 0 Å². The largest absolute Gasteiger partial charge is 0.109 e. The van der Waals surface area contributed by atoms with Gasteiger partial charge in [0.15, 0.2) is 0 Å². The molecule has 0 bridgehead atoms. The van der Waals surface area contributed by atoms with Crippen LogP contribution in [0.25, 0.3) is 0 Å². The molecule has 0 nitrogen and oxygen atoms in total. The molecule has 0 rings (SSSR count). The highest BCUT2D eigenvalue weighted by Gasteiger charge is 2.37. The first-order valence-corrected chi connectivity index (χ1v) is 5.79. The molecule has 0 spiro atoms. The lowest BCUT2D eigenvalue weighted by Crippen LogP contribution is -2.32. The highest BCUT2D eigenvalue weighted by Crippen LogP contribution is 2.51. The van der Waals surface area contributed by atoms with Gasteiger partial charge in [0.1, 0.15) is 7.85 Å². The Morgan fingerprint density at radius 3 is 1.77 bits per heavy atom. The molecule has 0 aliphatic carbocycles. The number of hydrogen-bond donors (Lipinski definition) is 0. The summed E-state index contributed by atoms with van der Waals surface area (Å²) >= 11 is 0. The summed E-state index contributed by atoms with van der Waals surface area (Å²) < 4.78 is 0. The first-order chi connectivity index (χ1) is 5.79. The Labute approximate surface area is 85.9 Å². The van der Waals surface area contributed by atoms with E-state index in [1.165, 1.54) is 19.3 Å². The lowest BCUT2D eigenvalue weighted by Gasteiger charge is -2.45. The molecule has 2 unspecified atom stereocenters. The third kappa shape index (κ3) is 3.04. The van der Waals surface area contributed by atoms with Gasteiger partial charge in [0, 0.05) is 0 Å². The van der Waals surface area contributed by atoms with Crippen LogP contribution < -0.4 is 0 Å². The fourth-order valence-electron chi connectivity index (χ4n) is 2.23. The summed E-state index contributed by atoms with van der Waals surface area (Å²) in [5.74, 6) is 0.816. The summed E-state index contributed by atoms with van der Waals surface area (Å²) in [5.41, 5.74) is 0.510. The van der Waals surface area contributed by atoms with Gasteiger partial charge in [0.2, 0.25) is 0 Å². The SMILES string of the molecule is BC(C)(CC)C(C)(CC)CC(C)C. The molecule has 2 atom stereocenters. The van der Waals surface area contributed by atoms with Gasteiger partial charge < -0.3 is 0 Å². The van der Waals surface area contributed by atoms with Crippen LogP contribution in [0.2, 0.25) is 5.31 Å². The van der Waals surface area contributed by atoms with Crippen LogP contribution in [0.3, 0.4) is 0 Å². The zero-order valence-electron chi connectivity index (χ0n) is 10.7. The minimum atomic E-state index is 0.478. The van der Waals surface area contributed by atoms with Crippen molar-refractivity contribution in [1.29, 1.82) is 0 Å². The molecule has 0 radical (unpaired) electrons. The van der Waals surface area contributed by atoms with Crippen molar-refractivity contribution in [2.45, 2.75) is 66.1 Å². The maximum Gasteiger partial charge on any atom is 0.109 e. The predicted molar refractivity (Wildman–Crippen MR) is 65.1 cm³/mol. The van der Waals surface area contributed by atoms with Crippen molar-refractivity contribution < 1.29 is 0 Å². The van der Waals surface area contributed by atoms with E-state index in [1.54, 1.807) is 0 Å². The smallest absolute Gasteiger partial charge is 0.0664 e. The van der Waals surface area contributed by atoms with Crippen molar-refractivity contribution in [1.82, 2.24) is 0 Å². The van der Waals surface area contributed by atoms with Crippen molar-refractivity contribution in [3.8, 4) is 0 Å². The quantitative estimate of drug-likeness (QED) is 0.569. The van der Waals surface area contributed by atoms with E-state index in [-0.39, 0.29) is 0 Å². The van der Waals surface area contributed by atoms with E-state index in [9.17, 15) is 0 Å². The van der Waals surface area contributed by atoms with Crippen LogP contribution >= 0.6 is 0 Å². The molecule has 1 heteroatoms. The molecule has 0 amide bonds. The molecule has 0 fully saturated rings. The van der Waals surface area contributed by atoms with E-state index in [0.717, 1.165) is 5.92 Å². The van der Waals surface area contributed by atoms with Gasteiger partial charge in [0.05, 0.1) is 0 Å². The second-order valence-corrected chi connectivity index (χ2v) is 5.75. The Balaban J connectivity index is 4.61. The Hall–Kier alpha value is 0.0649. The first kappa shape index (κ1) is 13.1. The summed E-state index contributed by atoms with van der Waals surface area (Å²) in [6.45, 7) is 14.2. The van der Waals surface area contributed by atoms with E-state index in [2.05, 4.69) is 49.4 Å². The maximum absolute atomic E-state index is 2.45. The van der Waals surface area contributed by atoms with E-state index >= 15 is 0 Å². The maximum atomic E-state index is 2.45. The van der Waals surface area contributed by atoms with Gasteiger partial charge >= 0.3 is 0 Å². The summed E-state index contributed by atoms with van der Waals surface area (Å²) in [6, 6.07) is 0. The molecule has 0 aliphatic heterocycles. The molecule has 0 aromatic carbocycles. The van der Waals surface area contributed by atoms with Crippen molar-refractivity contribution in [2.75, 3.05) is 0 Å². The van der Waals surface area contributed by atoms with Gasteiger partial charge in [-0.25, -0.2) is 0 Å². The van der Waals surface area contributed by atoms with Crippen LogP contribution in [-0.2, 0) is 0 Å². The van der Waals surface area contributed by atoms with Crippen molar-refractivity contribution in [3.63, 3.8) is 0 Å². The molecule has 0 heterocycles. The van der Waals surface area contributed by atoms with Gasteiger partial charge in [-0.1, -0.05) is 59.7 Å². The second kappa shape index (κ2) is 4.53. The molecule has 0 saturated heterocycles. The average Bonchev–Trinajstić information content (AvgIpc) is 2.02. The second-order valence-electron chi connectivity index (χ2n) is 5.75. The summed E-state index contributed by atoms with van der Waals surface area (Å²) in [4.78, 5) is 0. The zero-order valence-corrected chi connectivity index (χ0v) is 10.7. The third-order valence-electron chi connectivity index (χ3n) is 4.16. The lowest BCUT2D eigenvalue weighted by atomic mass is 9.50. The van der Waals surface area contributed by atoms with Gasteiger partial charge in [-0.05, 0) is 17.8 Å². The normalized spacial score (nSPS) is 21.2. The Morgan fingerprint density at radius 2 is 1.54 bits per heavy atom. The minimum Gasteiger partial charge on any atom is -0.0664 e. The fraction of sp³-hybridized carbons (Fsp3) is 1.00. The molecule has 0 saturated carbocycles. The zero-order chi connectivity index (χ0) is 10.7. The predicted octanol–water partition coefficient (Wildman–Crippen LogP) is 3.67. The van der Waals surface area contributed by atoms with E-state index in [1.807, 2.05) is 0 Å². The van der Waals surface area contributed by atoms with Crippen LogP contribution in [-0.4, -0.2) is 7.85 Å². The van der Waals surface area contributed by atoms with E-state index < -0.39 is 0 Å². The lowest BCUT2D eigenvalue weighted by molar-refractivity contribution is 0.162. The fourth-order valence-corrected chi connectivity index (χ4v) is 2.23. The molecule has 0 aromatic heterocycles. The molecule has 0 aliphatic rings. The van der Waals surface area contributed by atoms with Crippen LogP contribution in [0, 0.1) is 11.3 Å². The van der Waals surface area contributed by atoms with Gasteiger partial charge in [-0.2, -0.15) is 0 Å². The molecule has 0 aromatic rings. The van der Waals surface area contributed by atoms with Gasteiger partial charge in [0.25, 0.3) is 0 Å². The monoisotopic (exact) mass is 182 g/mol. The molecule has 13 heavy (non-hydrogen) atoms. The van der Waals surface area contributed by atoms with Gasteiger partial charge in [-0.15, -0.1) is 0 Å². The number of hydrogen-bond acceptors (Lipinski definition) is 0. The van der Waals surface area contributed by atoms with E-state index in [4.69, 9.17) is 0 Å². The van der Waals surface area contributed by atoms with Crippen molar-refractivity contribution in [3.05, 3.63) is 0 Å². The molecule has 78 valence electrons. The van der Waals surface area contributed by atoms with Crippen LogP contribution in [0.1, 0.15) is 60.8 Å². The van der Waals surface area contributed by atoms with Crippen LogP contribution in [0.5, 0.6) is 0 Å². The molecule has 0 N–H and O–H groups in total. The summed E-state index contributed by atoms with van der Waals surface area (Å²) in [7, 11) is 2.42. The van der Waals surface area contributed by atoms with E-state index in [0.29, 0.717) is 10.7 Å². The first-order valence-electron chi connectivity index (χ1n) is 5.79. The Bertz CT molecular complexity index is 149. The topological polar surface area (TPSA) is 0 Å². The Kier molecular flexibility index (Phi) is 4.55. The average molecular weight is 182 g/mol. The third-order valence-corrected chi connectivity index (χ3v) is 4.16. The summed E-state index contributed by atoms with van der Waals surface area (Å²) in [6.07, 6.45) is 3.93. The van der Waals surface area contributed by atoms with Crippen LogP contribution in [0.4, 0.5) is 0 Å². The Morgan fingerprint density at radius 1 is 1.08 bits per heavy atom. The highest BCUT2D eigenvalue weighted by atomic mass is 14.4. The van der Waals surface area contributed by atoms with Gasteiger partial charge in [-0.3, -0.25) is 0 Å². The standard InChI is InChI=1S/C12H27B/c1-7-11(5,9-10(3)4)12(6,13)8-2/h10H,7-9,13H2,1-6H3. The van der Waals surface area contributed by atoms with Crippen molar-refractivity contribution >= 4 is 7.85 Å². The number of rotatable bonds is 5. The highest BCUT2D eigenvalue weighted by molar-refractivity contribution is 6.15. The minimum absolute atomic E-state index is 0.478. The van der Waals surface area contributed by atoms with Crippen molar-refractivity contribution in [2.24, 2.45) is 11.3 Å².